The Labute approximate surface area is 98.7 Å². The standard InChI is InChI=1S/C11H13N5O/c1-9(6-16-8-13-7-14-16)11(17)15-10-3-2-4-12-5-10/h2-5,7-9H,6H2,1H3,(H,15,17)/t9-/m1/s1. The molecule has 2 aromatic rings. The molecule has 6 nitrogen and oxygen atoms in total. The fourth-order valence-electron chi connectivity index (χ4n) is 1.39. The van der Waals surface area contributed by atoms with Crippen LogP contribution in [-0.2, 0) is 11.3 Å². The number of nitrogens with zero attached hydrogens (tertiary/aromatic N) is 4. The molecule has 6 heteroatoms. The molecule has 0 aliphatic rings. The smallest absolute Gasteiger partial charge is 0.229 e. The van der Waals surface area contributed by atoms with E-state index in [0.717, 1.165) is 0 Å². The molecular formula is C11H13N5O. The van der Waals surface area contributed by atoms with Gasteiger partial charge in [-0.05, 0) is 12.1 Å². The molecule has 0 saturated heterocycles. The Balaban J connectivity index is 1.92. The molecule has 1 amide bonds. The van der Waals surface area contributed by atoms with E-state index in [0.29, 0.717) is 12.2 Å². The van der Waals surface area contributed by atoms with Crippen LogP contribution in [0.5, 0.6) is 0 Å². The monoisotopic (exact) mass is 231 g/mol. The molecule has 1 N–H and O–H groups in total. The van der Waals surface area contributed by atoms with Crippen molar-refractivity contribution < 1.29 is 4.79 Å². The van der Waals surface area contributed by atoms with Gasteiger partial charge in [0.05, 0.1) is 24.3 Å². The lowest BCUT2D eigenvalue weighted by Gasteiger charge is -2.11. The summed E-state index contributed by atoms with van der Waals surface area (Å²) in [5.74, 6) is -0.245. The van der Waals surface area contributed by atoms with Crippen LogP contribution in [0.3, 0.4) is 0 Å². The second-order valence-electron chi connectivity index (χ2n) is 3.75. The van der Waals surface area contributed by atoms with E-state index in [4.69, 9.17) is 0 Å². The Hall–Kier alpha value is -2.24. The maximum absolute atomic E-state index is 11.8. The fourth-order valence-corrected chi connectivity index (χ4v) is 1.39. The first-order chi connectivity index (χ1) is 8.25. The molecule has 0 unspecified atom stereocenters. The van der Waals surface area contributed by atoms with E-state index in [1.165, 1.54) is 6.33 Å². The summed E-state index contributed by atoms with van der Waals surface area (Å²) in [6, 6.07) is 3.57. The van der Waals surface area contributed by atoms with Gasteiger partial charge in [-0.25, -0.2) is 4.98 Å². The number of carbonyl (C=O) groups excluding carboxylic acids is 1. The molecular weight excluding hydrogens is 218 g/mol. The predicted molar refractivity (Wildman–Crippen MR) is 62.1 cm³/mol. The van der Waals surface area contributed by atoms with Crippen molar-refractivity contribution in [2.45, 2.75) is 13.5 Å². The summed E-state index contributed by atoms with van der Waals surface area (Å²) in [5, 5.41) is 6.75. The van der Waals surface area contributed by atoms with Gasteiger partial charge >= 0.3 is 0 Å². The van der Waals surface area contributed by atoms with Gasteiger partial charge in [-0.15, -0.1) is 0 Å². The third kappa shape index (κ3) is 3.10. The van der Waals surface area contributed by atoms with E-state index in [1.54, 1.807) is 35.5 Å². The first-order valence-corrected chi connectivity index (χ1v) is 5.29. The molecule has 0 aliphatic carbocycles. The highest BCUT2D eigenvalue weighted by Gasteiger charge is 2.13. The highest BCUT2D eigenvalue weighted by atomic mass is 16.1. The van der Waals surface area contributed by atoms with Gasteiger partial charge in [-0.1, -0.05) is 6.92 Å². The second-order valence-corrected chi connectivity index (χ2v) is 3.75. The SMILES string of the molecule is C[C@H](Cn1cncn1)C(=O)Nc1cccnc1. The fraction of sp³-hybridized carbons (Fsp3) is 0.273. The Morgan fingerprint density at radius 3 is 3.06 bits per heavy atom. The summed E-state index contributed by atoms with van der Waals surface area (Å²) < 4.78 is 1.63. The summed E-state index contributed by atoms with van der Waals surface area (Å²) in [6.07, 6.45) is 6.31. The van der Waals surface area contributed by atoms with Crippen LogP contribution in [0.15, 0.2) is 37.2 Å². The van der Waals surface area contributed by atoms with E-state index in [-0.39, 0.29) is 11.8 Å². The topological polar surface area (TPSA) is 72.7 Å². The van der Waals surface area contributed by atoms with Crippen LogP contribution >= 0.6 is 0 Å². The van der Waals surface area contributed by atoms with Crippen molar-refractivity contribution in [3.63, 3.8) is 0 Å². The average molecular weight is 231 g/mol. The first-order valence-electron chi connectivity index (χ1n) is 5.29. The van der Waals surface area contributed by atoms with Crippen LogP contribution < -0.4 is 5.32 Å². The highest BCUT2D eigenvalue weighted by molar-refractivity contribution is 5.92. The van der Waals surface area contributed by atoms with E-state index in [1.807, 2.05) is 6.92 Å². The molecule has 0 saturated carbocycles. The summed E-state index contributed by atoms with van der Waals surface area (Å²) >= 11 is 0. The first kappa shape index (κ1) is 11.3. The zero-order chi connectivity index (χ0) is 12.1. The Morgan fingerprint density at radius 2 is 2.41 bits per heavy atom. The molecule has 0 spiro atoms. The molecule has 2 aromatic heterocycles. The number of pyridine rings is 1. The van der Waals surface area contributed by atoms with Gasteiger partial charge < -0.3 is 5.32 Å². The van der Waals surface area contributed by atoms with E-state index >= 15 is 0 Å². The van der Waals surface area contributed by atoms with Crippen molar-refractivity contribution in [3.05, 3.63) is 37.2 Å². The van der Waals surface area contributed by atoms with Crippen molar-refractivity contribution in [2.24, 2.45) is 5.92 Å². The van der Waals surface area contributed by atoms with Crippen LogP contribution in [0.25, 0.3) is 0 Å². The number of hydrogen-bond donors (Lipinski definition) is 1. The largest absolute Gasteiger partial charge is 0.324 e. The van der Waals surface area contributed by atoms with Crippen molar-refractivity contribution in [1.82, 2.24) is 19.7 Å². The highest BCUT2D eigenvalue weighted by Crippen LogP contribution is 2.07. The number of amides is 1. The molecule has 0 aliphatic heterocycles. The van der Waals surface area contributed by atoms with Gasteiger partial charge in [0.25, 0.3) is 0 Å². The Bertz CT molecular complexity index is 468. The number of rotatable bonds is 4. The number of anilines is 1. The molecule has 1 atom stereocenters. The van der Waals surface area contributed by atoms with Gasteiger partial charge in [-0.2, -0.15) is 5.10 Å². The van der Waals surface area contributed by atoms with Crippen LogP contribution in [-0.4, -0.2) is 25.7 Å². The van der Waals surface area contributed by atoms with Crippen molar-refractivity contribution in [2.75, 3.05) is 5.32 Å². The minimum absolute atomic E-state index is 0.0616. The summed E-state index contributed by atoms with van der Waals surface area (Å²) in [5.41, 5.74) is 0.697. The van der Waals surface area contributed by atoms with E-state index in [9.17, 15) is 4.79 Å². The third-order valence-corrected chi connectivity index (χ3v) is 2.30. The molecule has 88 valence electrons. The quantitative estimate of drug-likeness (QED) is 0.850. The number of aromatic nitrogens is 4. The summed E-state index contributed by atoms with van der Waals surface area (Å²) in [4.78, 5) is 19.6. The lowest BCUT2D eigenvalue weighted by atomic mass is 10.1. The van der Waals surface area contributed by atoms with Crippen molar-refractivity contribution >= 4 is 11.6 Å². The van der Waals surface area contributed by atoms with Gasteiger partial charge in [-0.3, -0.25) is 14.5 Å². The van der Waals surface area contributed by atoms with Crippen LogP contribution in [0, 0.1) is 5.92 Å². The molecule has 2 heterocycles. The molecule has 0 aromatic carbocycles. The third-order valence-electron chi connectivity index (χ3n) is 2.30. The second kappa shape index (κ2) is 5.20. The Kier molecular flexibility index (Phi) is 3.44. The van der Waals surface area contributed by atoms with Gasteiger partial charge in [0.15, 0.2) is 0 Å². The summed E-state index contributed by atoms with van der Waals surface area (Å²) in [7, 11) is 0. The van der Waals surface area contributed by atoms with E-state index in [2.05, 4.69) is 20.4 Å². The van der Waals surface area contributed by atoms with Crippen LogP contribution in [0.2, 0.25) is 0 Å². The molecule has 0 bridgehead atoms. The predicted octanol–water partition coefficient (Wildman–Crippen LogP) is 0.948. The zero-order valence-electron chi connectivity index (χ0n) is 9.45. The normalized spacial score (nSPS) is 12.1. The zero-order valence-corrected chi connectivity index (χ0v) is 9.45. The van der Waals surface area contributed by atoms with Gasteiger partial charge in [0.2, 0.25) is 5.91 Å². The Morgan fingerprint density at radius 1 is 1.53 bits per heavy atom. The lowest BCUT2D eigenvalue weighted by Crippen LogP contribution is -2.24. The summed E-state index contributed by atoms with van der Waals surface area (Å²) in [6.45, 7) is 2.35. The maximum atomic E-state index is 11.8. The van der Waals surface area contributed by atoms with Crippen LogP contribution in [0.1, 0.15) is 6.92 Å². The number of carbonyl (C=O) groups is 1. The number of hydrogen-bond acceptors (Lipinski definition) is 4. The minimum atomic E-state index is -0.183. The maximum Gasteiger partial charge on any atom is 0.229 e. The van der Waals surface area contributed by atoms with Gasteiger partial charge in [0, 0.05) is 6.20 Å². The molecule has 17 heavy (non-hydrogen) atoms. The number of nitrogens with one attached hydrogen (secondary N) is 1. The molecule has 0 radical (unpaired) electrons. The molecule has 0 fully saturated rings. The molecule has 2 rings (SSSR count). The van der Waals surface area contributed by atoms with E-state index < -0.39 is 0 Å². The van der Waals surface area contributed by atoms with Crippen molar-refractivity contribution in [1.29, 1.82) is 0 Å². The van der Waals surface area contributed by atoms with Crippen molar-refractivity contribution in [3.8, 4) is 0 Å². The average Bonchev–Trinajstić information content (AvgIpc) is 2.83. The van der Waals surface area contributed by atoms with Gasteiger partial charge in [0.1, 0.15) is 12.7 Å². The lowest BCUT2D eigenvalue weighted by molar-refractivity contribution is -0.119. The van der Waals surface area contributed by atoms with Crippen LogP contribution in [0.4, 0.5) is 5.69 Å². The minimum Gasteiger partial charge on any atom is -0.324 e.